The van der Waals surface area contributed by atoms with E-state index < -0.39 is 0 Å². The zero-order valence-electron chi connectivity index (χ0n) is 12.2. The molecule has 0 saturated heterocycles. The number of hydrogen-bond acceptors (Lipinski definition) is 3. The summed E-state index contributed by atoms with van der Waals surface area (Å²) in [5, 5.41) is 12.5. The molecule has 2 aromatic rings. The van der Waals surface area contributed by atoms with Gasteiger partial charge in [-0.1, -0.05) is 13.8 Å². The Morgan fingerprint density at radius 1 is 1.21 bits per heavy atom. The van der Waals surface area contributed by atoms with Gasteiger partial charge in [-0.15, -0.1) is 0 Å². The predicted octanol–water partition coefficient (Wildman–Crippen LogP) is 1.61. The Kier molecular flexibility index (Phi) is 4.37. The van der Waals surface area contributed by atoms with Gasteiger partial charge in [-0.2, -0.15) is 10.2 Å². The maximum absolute atomic E-state index is 4.53. The van der Waals surface area contributed by atoms with Crippen molar-refractivity contribution in [3.8, 4) is 0 Å². The lowest BCUT2D eigenvalue weighted by Gasteiger charge is -2.16. The van der Waals surface area contributed by atoms with Crippen LogP contribution >= 0.6 is 0 Å². The van der Waals surface area contributed by atoms with Gasteiger partial charge in [0, 0.05) is 44.5 Å². The minimum Gasteiger partial charge on any atom is -0.310 e. The third kappa shape index (κ3) is 3.23. The van der Waals surface area contributed by atoms with Crippen molar-refractivity contribution in [3.05, 3.63) is 35.4 Å². The number of rotatable bonds is 6. The summed E-state index contributed by atoms with van der Waals surface area (Å²) in [6, 6.07) is 2.36. The van der Waals surface area contributed by atoms with E-state index >= 15 is 0 Å². The summed E-state index contributed by atoms with van der Waals surface area (Å²) in [6.45, 7) is 5.22. The summed E-state index contributed by atoms with van der Waals surface area (Å²) in [6.07, 6.45) is 5.96. The zero-order chi connectivity index (χ0) is 13.8. The third-order valence-corrected chi connectivity index (χ3v) is 3.28. The molecule has 0 aromatic carbocycles. The first-order valence-electron chi connectivity index (χ1n) is 6.88. The van der Waals surface area contributed by atoms with Crippen molar-refractivity contribution in [2.45, 2.75) is 32.7 Å². The van der Waals surface area contributed by atoms with Gasteiger partial charge in [0.05, 0.1) is 11.4 Å². The first-order chi connectivity index (χ1) is 9.13. The normalized spacial score (nSPS) is 12.8. The maximum atomic E-state index is 4.53. The molecule has 2 aromatic heterocycles. The van der Waals surface area contributed by atoms with Crippen LogP contribution in [-0.2, 0) is 26.9 Å². The number of aryl methyl sites for hydroxylation is 3. The fourth-order valence-corrected chi connectivity index (χ4v) is 2.44. The van der Waals surface area contributed by atoms with Crippen LogP contribution in [0.25, 0.3) is 0 Å². The zero-order valence-corrected chi connectivity index (χ0v) is 12.2. The van der Waals surface area contributed by atoms with Crippen molar-refractivity contribution in [1.82, 2.24) is 24.9 Å². The Balaban J connectivity index is 2.23. The third-order valence-electron chi connectivity index (χ3n) is 3.28. The minimum absolute atomic E-state index is 0.281. The van der Waals surface area contributed by atoms with Crippen LogP contribution in [0, 0.1) is 0 Å². The average Bonchev–Trinajstić information content (AvgIpc) is 2.94. The van der Waals surface area contributed by atoms with Gasteiger partial charge in [-0.05, 0) is 19.0 Å². The van der Waals surface area contributed by atoms with Crippen LogP contribution in [0.2, 0.25) is 0 Å². The molecule has 2 rings (SSSR count). The lowest BCUT2D eigenvalue weighted by atomic mass is 10.0. The van der Waals surface area contributed by atoms with E-state index in [1.54, 1.807) is 0 Å². The fourth-order valence-electron chi connectivity index (χ4n) is 2.44. The van der Waals surface area contributed by atoms with Crippen LogP contribution in [0.4, 0.5) is 0 Å². The van der Waals surface area contributed by atoms with Crippen molar-refractivity contribution < 1.29 is 0 Å². The SMILES string of the molecule is CCNC(Cc1ccn(C)n1)c1cn(C)nc1CC. The molecule has 0 aliphatic carbocycles. The molecule has 2 heterocycles. The van der Waals surface area contributed by atoms with Crippen molar-refractivity contribution in [2.75, 3.05) is 6.54 Å². The maximum Gasteiger partial charge on any atom is 0.0669 e. The van der Waals surface area contributed by atoms with Gasteiger partial charge in [0.1, 0.15) is 0 Å². The van der Waals surface area contributed by atoms with E-state index in [0.29, 0.717) is 0 Å². The number of aromatic nitrogens is 4. The standard InChI is InChI=1S/C14H23N5/c1-5-13-12(10-19(4)17-13)14(15-6-2)9-11-7-8-18(3)16-11/h7-8,10,14-15H,5-6,9H2,1-4H3. The predicted molar refractivity (Wildman–Crippen MR) is 75.9 cm³/mol. The lowest BCUT2D eigenvalue weighted by molar-refractivity contribution is 0.536. The molecule has 5 nitrogen and oxygen atoms in total. The molecule has 1 atom stereocenters. The van der Waals surface area contributed by atoms with E-state index in [-0.39, 0.29) is 6.04 Å². The Morgan fingerprint density at radius 3 is 2.58 bits per heavy atom. The van der Waals surface area contributed by atoms with Crippen molar-refractivity contribution >= 4 is 0 Å². The number of likely N-dealkylation sites (N-methyl/N-ethyl adjacent to an activating group) is 1. The average molecular weight is 261 g/mol. The second kappa shape index (κ2) is 6.02. The van der Waals surface area contributed by atoms with Crippen LogP contribution in [0.1, 0.15) is 36.8 Å². The summed E-state index contributed by atoms with van der Waals surface area (Å²) in [5.41, 5.74) is 3.57. The largest absolute Gasteiger partial charge is 0.310 e. The Labute approximate surface area is 114 Å². The van der Waals surface area contributed by atoms with E-state index in [1.807, 2.05) is 29.7 Å². The van der Waals surface area contributed by atoms with Crippen LogP contribution in [0.3, 0.4) is 0 Å². The molecular formula is C14H23N5. The number of hydrogen-bond donors (Lipinski definition) is 1. The highest BCUT2D eigenvalue weighted by Gasteiger charge is 2.18. The van der Waals surface area contributed by atoms with Crippen LogP contribution in [-0.4, -0.2) is 26.1 Å². The van der Waals surface area contributed by atoms with Crippen LogP contribution < -0.4 is 5.32 Å². The van der Waals surface area contributed by atoms with E-state index in [9.17, 15) is 0 Å². The molecule has 0 radical (unpaired) electrons. The quantitative estimate of drug-likeness (QED) is 0.859. The molecular weight excluding hydrogens is 238 g/mol. The first-order valence-corrected chi connectivity index (χ1v) is 6.88. The molecule has 19 heavy (non-hydrogen) atoms. The van der Waals surface area contributed by atoms with Gasteiger partial charge in [0.2, 0.25) is 0 Å². The Hall–Kier alpha value is -1.62. The molecule has 0 bridgehead atoms. The molecule has 1 unspecified atom stereocenters. The molecule has 0 saturated carbocycles. The Morgan fingerprint density at radius 2 is 2.00 bits per heavy atom. The lowest BCUT2D eigenvalue weighted by Crippen LogP contribution is -2.23. The summed E-state index contributed by atoms with van der Waals surface area (Å²) < 4.78 is 3.75. The van der Waals surface area contributed by atoms with Crippen molar-refractivity contribution in [1.29, 1.82) is 0 Å². The summed E-state index contributed by atoms with van der Waals surface area (Å²) in [4.78, 5) is 0. The van der Waals surface area contributed by atoms with E-state index in [2.05, 4.69) is 41.6 Å². The van der Waals surface area contributed by atoms with Crippen molar-refractivity contribution in [3.63, 3.8) is 0 Å². The van der Waals surface area contributed by atoms with Crippen LogP contribution in [0.15, 0.2) is 18.5 Å². The van der Waals surface area contributed by atoms with Crippen LogP contribution in [0.5, 0.6) is 0 Å². The fraction of sp³-hybridized carbons (Fsp3) is 0.571. The monoisotopic (exact) mass is 261 g/mol. The summed E-state index contributed by atoms with van der Waals surface area (Å²) in [7, 11) is 3.93. The molecule has 0 spiro atoms. The molecule has 0 fully saturated rings. The highest BCUT2D eigenvalue weighted by Crippen LogP contribution is 2.21. The highest BCUT2D eigenvalue weighted by atomic mass is 15.3. The molecule has 104 valence electrons. The van der Waals surface area contributed by atoms with Gasteiger partial charge in [0.25, 0.3) is 0 Å². The topological polar surface area (TPSA) is 47.7 Å². The first kappa shape index (κ1) is 13.8. The minimum atomic E-state index is 0.281. The van der Waals surface area contributed by atoms with E-state index in [0.717, 1.165) is 25.1 Å². The van der Waals surface area contributed by atoms with Gasteiger partial charge in [-0.25, -0.2) is 0 Å². The molecule has 0 aliphatic rings. The van der Waals surface area contributed by atoms with Gasteiger partial charge < -0.3 is 5.32 Å². The van der Waals surface area contributed by atoms with Crippen molar-refractivity contribution in [2.24, 2.45) is 14.1 Å². The molecule has 5 heteroatoms. The number of nitrogens with zero attached hydrogens (tertiary/aromatic N) is 4. The van der Waals surface area contributed by atoms with E-state index in [4.69, 9.17) is 0 Å². The van der Waals surface area contributed by atoms with E-state index in [1.165, 1.54) is 11.3 Å². The molecule has 0 amide bonds. The second-order valence-corrected chi connectivity index (χ2v) is 4.85. The number of nitrogens with one attached hydrogen (secondary N) is 1. The van der Waals surface area contributed by atoms with Gasteiger partial charge >= 0.3 is 0 Å². The van der Waals surface area contributed by atoms with Gasteiger partial charge in [-0.3, -0.25) is 9.36 Å². The van der Waals surface area contributed by atoms with Gasteiger partial charge in [0.15, 0.2) is 0 Å². The molecule has 0 aliphatic heterocycles. The smallest absolute Gasteiger partial charge is 0.0669 e. The molecule has 1 N–H and O–H groups in total. The Bertz CT molecular complexity index is 526. The second-order valence-electron chi connectivity index (χ2n) is 4.85. The summed E-state index contributed by atoms with van der Waals surface area (Å²) >= 11 is 0. The highest BCUT2D eigenvalue weighted by molar-refractivity contribution is 5.23. The summed E-state index contributed by atoms with van der Waals surface area (Å²) in [5.74, 6) is 0.